The first kappa shape index (κ1) is 53.6. The minimum Gasteiger partial charge on any atom is -0.391 e. The molecule has 16 rings (SSSR count). The molecule has 0 atom stereocenters. The summed E-state index contributed by atoms with van der Waals surface area (Å²) < 4.78 is 39.5. The zero-order chi connectivity index (χ0) is 59.9. The van der Waals surface area contributed by atoms with Gasteiger partial charge in [-0.2, -0.15) is 0 Å². The average molecular weight is 1200 g/mol. The summed E-state index contributed by atoms with van der Waals surface area (Å²) in [5, 5.41) is 20.7. The van der Waals surface area contributed by atoms with Gasteiger partial charge in [0, 0.05) is 60.8 Å². The third-order valence-electron chi connectivity index (χ3n) is 17.2. The molecule has 89 heavy (non-hydrogen) atoms. The topological polar surface area (TPSA) is 161 Å². The van der Waals surface area contributed by atoms with E-state index in [0.29, 0.717) is 56.3 Å². The Balaban J connectivity index is 0.666. The number of aromatic nitrogens is 2. The van der Waals surface area contributed by atoms with Crippen molar-refractivity contribution in [1.82, 2.24) is 9.97 Å². The number of aromatic amines is 2. The molecule has 2 amide bonds. The molecule has 0 spiro atoms. The number of hydrogen-bond acceptors (Lipinski definition) is 8. The van der Waals surface area contributed by atoms with Crippen molar-refractivity contribution >= 4 is 148 Å². The van der Waals surface area contributed by atoms with Gasteiger partial charge in [0.15, 0.2) is 0 Å². The fraction of sp³-hybridized carbons (Fsp3) is 0.0667. The standard InChI is InChI=1S/C75H54N4O8P2/c1-4-53(70-43(2)54-29-15-31-60(72(54)78-70)76-74(80)49-21-13-23-51(41-49)82-88-84-62-37-33-45-17-5-9-25-56(45)66(62)67-57-26-10-6-18-46(57)34-38-63(67)85-88)71-44(3)55-30-16-32-61(73(55)79-71)77-75(81)50-22-14-24-52(42-50)83-89-86-64-39-35-47-19-7-11-27-58(47)68(64)69-59-28-12-8-20-48(59)36-40-65(69)87-89/h5-42,53,78-79H,4H2,1-3H3,(H,76,80)(H,77,81). The fourth-order valence-corrected chi connectivity index (χ4v) is 15.0. The number of amides is 2. The Kier molecular flexibility index (Phi) is 13.1. The van der Waals surface area contributed by atoms with Crippen LogP contribution < -0.4 is 19.7 Å². The molecule has 12 aromatic carbocycles. The molecule has 0 bridgehead atoms. The zero-order valence-electron chi connectivity index (χ0n) is 48.4. The number of rotatable bonds is 11. The molecule has 4 aromatic heterocycles. The number of carbonyl (C=O) groups excluding carboxylic acids is 2. The molecule has 4 heterocycles. The van der Waals surface area contributed by atoms with Gasteiger partial charge in [-0.25, -0.2) is 0 Å². The van der Waals surface area contributed by atoms with E-state index in [0.717, 1.165) is 115 Å². The van der Waals surface area contributed by atoms with E-state index in [4.69, 9.17) is 25.8 Å². The summed E-state index contributed by atoms with van der Waals surface area (Å²) in [6, 6.07) is 75.2. The highest BCUT2D eigenvalue weighted by atomic mass is 31.1. The van der Waals surface area contributed by atoms with Gasteiger partial charge in [0.05, 0.1) is 22.4 Å². The molecule has 14 heteroatoms. The smallest absolute Gasteiger partial charge is 0.391 e. The largest absolute Gasteiger partial charge is 0.453 e. The van der Waals surface area contributed by atoms with E-state index in [2.05, 4.69) is 102 Å². The van der Waals surface area contributed by atoms with E-state index in [1.165, 1.54) is 0 Å². The van der Waals surface area contributed by atoms with E-state index in [-0.39, 0.29) is 17.7 Å². The summed E-state index contributed by atoms with van der Waals surface area (Å²) in [7, 11) is -4.01. The highest BCUT2D eigenvalue weighted by Gasteiger charge is 2.26. The molecular weight excluding hydrogens is 1150 g/mol. The van der Waals surface area contributed by atoms with Crippen LogP contribution >= 0.6 is 16.5 Å². The van der Waals surface area contributed by atoms with Crippen LogP contribution in [0.4, 0.5) is 11.4 Å². The number of nitrogens with one attached hydrogen (secondary N) is 4. The van der Waals surface area contributed by atoms with Crippen LogP contribution in [0.2, 0.25) is 0 Å². The highest BCUT2D eigenvalue weighted by molar-refractivity contribution is 7.32. The second-order valence-corrected chi connectivity index (χ2v) is 24.3. The maximum absolute atomic E-state index is 14.3. The summed E-state index contributed by atoms with van der Waals surface area (Å²) in [6.07, 6.45) is 0.755. The lowest BCUT2D eigenvalue weighted by Gasteiger charge is -2.15. The molecule has 0 aliphatic carbocycles. The first-order valence-corrected chi connectivity index (χ1v) is 31.7. The van der Waals surface area contributed by atoms with Crippen LogP contribution in [0.25, 0.3) is 109 Å². The molecule has 0 unspecified atom stereocenters. The highest BCUT2D eigenvalue weighted by Crippen LogP contribution is 2.46. The van der Waals surface area contributed by atoms with Gasteiger partial charge in [0.2, 0.25) is 0 Å². The van der Waals surface area contributed by atoms with Crippen molar-refractivity contribution in [2.45, 2.75) is 33.1 Å². The Morgan fingerprint density at radius 1 is 0.404 bits per heavy atom. The summed E-state index contributed by atoms with van der Waals surface area (Å²) in [6.45, 7) is 6.39. The Hall–Kier alpha value is -10.9. The summed E-state index contributed by atoms with van der Waals surface area (Å²) >= 11 is 0. The van der Waals surface area contributed by atoms with Gasteiger partial charge in [0.1, 0.15) is 33.8 Å². The molecule has 0 saturated heterocycles. The van der Waals surface area contributed by atoms with Crippen molar-refractivity contribution < 1.29 is 35.4 Å². The third kappa shape index (κ3) is 9.40. The second-order valence-electron chi connectivity index (χ2n) is 22.3. The molecule has 16 aromatic rings. The van der Waals surface area contributed by atoms with E-state index in [9.17, 15) is 9.59 Å². The number of fused-ring (bicyclic) bond motifs is 16. The number of para-hydroxylation sites is 2. The molecule has 12 nitrogen and oxygen atoms in total. The average Bonchev–Trinajstić information content (AvgIpc) is 2.17. The summed E-state index contributed by atoms with van der Waals surface area (Å²) in [4.78, 5) is 36.2. The van der Waals surface area contributed by atoms with Crippen LogP contribution in [-0.4, -0.2) is 21.8 Å². The van der Waals surface area contributed by atoms with Gasteiger partial charge in [-0.05, 0) is 147 Å². The van der Waals surface area contributed by atoms with E-state index in [1.54, 1.807) is 48.5 Å². The molecular formula is C75H54N4O8P2. The maximum Gasteiger partial charge on any atom is 0.453 e. The number of carbonyl (C=O) groups is 2. The normalized spacial score (nSPS) is 11.8. The van der Waals surface area contributed by atoms with Gasteiger partial charge in [-0.15, -0.1) is 0 Å². The predicted molar refractivity (Wildman–Crippen MR) is 362 cm³/mol. The Labute approximate surface area is 510 Å². The quantitative estimate of drug-likeness (QED) is 0.0995. The van der Waals surface area contributed by atoms with Crippen LogP contribution in [-0.2, 0) is 0 Å². The Morgan fingerprint density at radius 2 is 0.730 bits per heavy atom. The van der Waals surface area contributed by atoms with Crippen molar-refractivity contribution in [1.29, 1.82) is 0 Å². The second kappa shape index (κ2) is 21.8. The van der Waals surface area contributed by atoms with Crippen molar-refractivity contribution in [2.75, 3.05) is 10.6 Å². The van der Waals surface area contributed by atoms with Crippen LogP contribution in [0.15, 0.2) is 247 Å². The summed E-state index contributed by atoms with van der Waals surface area (Å²) in [5.41, 5.74) is 10.5. The maximum atomic E-state index is 14.3. The predicted octanol–water partition coefficient (Wildman–Crippen LogP) is 21.8. The number of benzene rings is 12. The minimum atomic E-state index is -2.01. The van der Waals surface area contributed by atoms with Crippen molar-refractivity contribution in [3.8, 4) is 11.5 Å². The van der Waals surface area contributed by atoms with Gasteiger partial charge in [-0.3, -0.25) is 9.59 Å². The van der Waals surface area contributed by atoms with E-state index >= 15 is 0 Å². The minimum absolute atomic E-state index is 0.0944. The Bertz CT molecular complexity index is 5140. The SMILES string of the molecule is CCC(c1[nH]c2c(NC(=O)c3cccc(Op4oc5ccc6ccccc6c5c5c(ccc6ccccc65)o4)c3)cccc2c1C)c1[nH]c2c(NC(=O)c3cccc(Op4oc5ccc6ccccc6c5c5c(ccc6ccccc65)o4)c3)cccc2c1C. The number of aryl methyl sites for hydroxylation is 2. The van der Waals surface area contributed by atoms with Crippen LogP contribution in [0, 0.1) is 13.8 Å². The Morgan fingerprint density at radius 3 is 1.08 bits per heavy atom. The molecule has 0 aliphatic heterocycles. The lowest BCUT2D eigenvalue weighted by atomic mass is 9.92. The van der Waals surface area contributed by atoms with E-state index < -0.39 is 16.5 Å². The zero-order valence-corrected chi connectivity index (χ0v) is 50.2. The first-order valence-electron chi connectivity index (χ1n) is 29.5. The molecule has 0 saturated carbocycles. The number of hydrogen-bond donors (Lipinski definition) is 4. The van der Waals surface area contributed by atoms with Gasteiger partial charge in [0.25, 0.3) is 11.8 Å². The molecule has 0 fully saturated rings. The lowest BCUT2D eigenvalue weighted by molar-refractivity contribution is 0.101. The lowest BCUT2D eigenvalue weighted by Crippen LogP contribution is -2.12. The fourth-order valence-electron chi connectivity index (χ4n) is 12.9. The van der Waals surface area contributed by atoms with Crippen molar-refractivity contribution in [2.24, 2.45) is 0 Å². The van der Waals surface area contributed by atoms with Gasteiger partial charge < -0.3 is 46.4 Å². The number of H-pyrrole nitrogens is 2. The third-order valence-corrected chi connectivity index (χ3v) is 19.3. The number of anilines is 2. The van der Waals surface area contributed by atoms with Crippen LogP contribution in [0.3, 0.4) is 0 Å². The van der Waals surface area contributed by atoms with Crippen LogP contribution in [0.1, 0.15) is 62.5 Å². The molecule has 0 radical (unpaired) electrons. The molecule has 4 N–H and O–H groups in total. The first-order chi connectivity index (χ1) is 43.7. The molecule has 0 aliphatic rings. The van der Waals surface area contributed by atoms with E-state index in [1.807, 2.05) is 121 Å². The van der Waals surface area contributed by atoms with Crippen LogP contribution in [0.5, 0.6) is 11.5 Å². The summed E-state index contributed by atoms with van der Waals surface area (Å²) in [5.74, 6) is 0.135. The monoisotopic (exact) mass is 1200 g/mol. The van der Waals surface area contributed by atoms with Gasteiger partial charge >= 0.3 is 16.5 Å². The van der Waals surface area contributed by atoms with Crippen molar-refractivity contribution in [3.63, 3.8) is 0 Å². The van der Waals surface area contributed by atoms with Gasteiger partial charge in [-0.1, -0.05) is 165 Å². The van der Waals surface area contributed by atoms with Crippen molar-refractivity contribution in [3.05, 3.63) is 264 Å². The molecule has 432 valence electrons.